The minimum atomic E-state index is -0.266. The summed E-state index contributed by atoms with van der Waals surface area (Å²) in [6.45, 7) is 6.19. The van der Waals surface area contributed by atoms with E-state index in [1.165, 1.54) is 0 Å². The van der Waals surface area contributed by atoms with Gasteiger partial charge in [-0.05, 0) is 39.3 Å². The average molecular weight is 358 g/mol. The highest BCUT2D eigenvalue weighted by atomic mass is 16.5. The Kier molecular flexibility index (Phi) is 5.68. The van der Waals surface area contributed by atoms with Crippen molar-refractivity contribution in [2.75, 3.05) is 19.6 Å². The van der Waals surface area contributed by atoms with Crippen molar-refractivity contribution in [2.24, 2.45) is 5.73 Å². The summed E-state index contributed by atoms with van der Waals surface area (Å²) in [6, 6.07) is 3.93. The summed E-state index contributed by atoms with van der Waals surface area (Å²) in [5.74, 6) is 0.732. The summed E-state index contributed by atoms with van der Waals surface area (Å²) in [5.41, 5.74) is 9.42. The lowest BCUT2D eigenvalue weighted by Gasteiger charge is -2.32. The molecule has 0 radical (unpaired) electrons. The van der Waals surface area contributed by atoms with Gasteiger partial charge in [0.2, 0.25) is 5.91 Å². The topological polar surface area (TPSA) is 105 Å². The zero-order valence-electron chi connectivity index (χ0n) is 15.4. The van der Waals surface area contributed by atoms with Gasteiger partial charge in [-0.1, -0.05) is 11.2 Å². The first-order valence-electron chi connectivity index (χ1n) is 9.04. The van der Waals surface area contributed by atoms with Crippen molar-refractivity contribution >= 4 is 5.91 Å². The fraction of sp³-hybridized carbons (Fsp3) is 0.526. The number of likely N-dealkylation sites (tertiary alicyclic amines) is 1. The summed E-state index contributed by atoms with van der Waals surface area (Å²) in [6.07, 6.45) is 2.50. The summed E-state index contributed by atoms with van der Waals surface area (Å²) >= 11 is 0. The van der Waals surface area contributed by atoms with Gasteiger partial charge in [-0.3, -0.25) is 9.78 Å². The lowest BCUT2D eigenvalue weighted by atomic mass is 9.92. The van der Waals surface area contributed by atoms with Gasteiger partial charge in [0.25, 0.3) is 0 Å². The standard InChI is InChI=1S/C19H26N4O3/c1-12-18(13(2)26-22-12)19-15(11-24)5-6-16(21-19)14-4-3-8-23(10-14)9-7-17(20)25/h5-6,14,24H,3-4,7-11H2,1-2H3,(H2,20,25). The number of aliphatic hydroxyl groups is 1. The molecule has 0 aliphatic carbocycles. The third-order valence-corrected chi connectivity index (χ3v) is 5.04. The molecule has 1 fully saturated rings. The van der Waals surface area contributed by atoms with Crippen molar-refractivity contribution in [3.63, 3.8) is 0 Å². The molecule has 3 heterocycles. The van der Waals surface area contributed by atoms with E-state index in [0.29, 0.717) is 24.6 Å². The van der Waals surface area contributed by atoms with Gasteiger partial charge in [0.1, 0.15) is 5.76 Å². The van der Waals surface area contributed by atoms with E-state index >= 15 is 0 Å². The Bertz CT molecular complexity index is 768. The number of piperidine rings is 1. The number of carbonyl (C=O) groups is 1. The molecule has 0 saturated carbocycles. The van der Waals surface area contributed by atoms with Crippen LogP contribution in [0.1, 0.15) is 47.9 Å². The molecule has 1 amide bonds. The van der Waals surface area contributed by atoms with Gasteiger partial charge >= 0.3 is 0 Å². The van der Waals surface area contributed by atoms with Crippen molar-refractivity contribution in [2.45, 2.75) is 45.6 Å². The molecule has 1 aliphatic rings. The molecule has 0 bridgehead atoms. The molecule has 7 nitrogen and oxygen atoms in total. The number of hydrogen-bond donors (Lipinski definition) is 2. The van der Waals surface area contributed by atoms with E-state index in [0.717, 1.165) is 54.1 Å². The number of nitrogens with two attached hydrogens (primary N) is 1. The summed E-state index contributed by atoms with van der Waals surface area (Å²) < 4.78 is 5.28. The van der Waals surface area contributed by atoms with Gasteiger partial charge in [0.15, 0.2) is 0 Å². The van der Waals surface area contributed by atoms with Crippen LogP contribution >= 0.6 is 0 Å². The number of aromatic nitrogens is 2. The Labute approximate surface area is 153 Å². The molecule has 3 rings (SSSR count). The molecular weight excluding hydrogens is 332 g/mol. The Morgan fingerprint density at radius 2 is 2.23 bits per heavy atom. The first-order chi connectivity index (χ1) is 12.5. The molecule has 1 unspecified atom stereocenters. The summed E-state index contributed by atoms with van der Waals surface area (Å²) in [4.78, 5) is 18.2. The lowest BCUT2D eigenvalue weighted by Crippen LogP contribution is -2.36. The van der Waals surface area contributed by atoms with Crippen LogP contribution in [0.15, 0.2) is 16.7 Å². The van der Waals surface area contributed by atoms with Crippen LogP contribution in [0.3, 0.4) is 0 Å². The fourth-order valence-electron chi connectivity index (χ4n) is 3.66. The molecule has 3 N–H and O–H groups in total. The quantitative estimate of drug-likeness (QED) is 0.817. The SMILES string of the molecule is Cc1noc(C)c1-c1nc(C2CCCN(CCC(N)=O)C2)ccc1CO. The van der Waals surface area contributed by atoms with Gasteiger partial charge in [-0.15, -0.1) is 0 Å². The highest BCUT2D eigenvalue weighted by molar-refractivity contribution is 5.73. The minimum Gasteiger partial charge on any atom is -0.392 e. The summed E-state index contributed by atoms with van der Waals surface area (Å²) in [5, 5.41) is 13.7. The van der Waals surface area contributed by atoms with Crippen LogP contribution in [-0.4, -0.2) is 45.7 Å². The number of amides is 1. The van der Waals surface area contributed by atoms with E-state index in [4.69, 9.17) is 15.2 Å². The number of nitrogens with zero attached hydrogens (tertiary/aromatic N) is 3. The predicted octanol–water partition coefficient (Wildman–Crippen LogP) is 1.90. The Hall–Kier alpha value is -2.25. The van der Waals surface area contributed by atoms with Crippen molar-refractivity contribution in [3.05, 3.63) is 34.8 Å². The van der Waals surface area contributed by atoms with E-state index in [1.807, 2.05) is 26.0 Å². The van der Waals surface area contributed by atoms with Crippen molar-refractivity contribution in [1.82, 2.24) is 15.0 Å². The van der Waals surface area contributed by atoms with Crippen LogP contribution in [0.25, 0.3) is 11.3 Å². The molecular formula is C19H26N4O3. The van der Waals surface area contributed by atoms with E-state index in [1.54, 1.807) is 0 Å². The van der Waals surface area contributed by atoms with Crippen LogP contribution < -0.4 is 5.73 Å². The maximum Gasteiger partial charge on any atom is 0.218 e. The Morgan fingerprint density at radius 3 is 2.88 bits per heavy atom. The Morgan fingerprint density at radius 1 is 1.42 bits per heavy atom. The third-order valence-electron chi connectivity index (χ3n) is 5.04. The molecule has 1 aliphatic heterocycles. The largest absolute Gasteiger partial charge is 0.392 e. The molecule has 2 aromatic heterocycles. The van der Waals surface area contributed by atoms with Crippen LogP contribution in [0.4, 0.5) is 0 Å². The second-order valence-corrected chi connectivity index (χ2v) is 6.96. The van der Waals surface area contributed by atoms with E-state index < -0.39 is 0 Å². The van der Waals surface area contributed by atoms with Crippen molar-refractivity contribution < 1.29 is 14.4 Å². The zero-order valence-corrected chi connectivity index (χ0v) is 15.4. The normalized spacial score (nSPS) is 18.2. The van der Waals surface area contributed by atoms with Gasteiger partial charge < -0.3 is 20.3 Å². The fourth-order valence-corrected chi connectivity index (χ4v) is 3.66. The zero-order chi connectivity index (χ0) is 18.7. The maximum atomic E-state index is 11.0. The monoisotopic (exact) mass is 358 g/mol. The van der Waals surface area contributed by atoms with Gasteiger partial charge in [0.05, 0.1) is 23.6 Å². The predicted molar refractivity (Wildman–Crippen MR) is 97.4 cm³/mol. The van der Waals surface area contributed by atoms with E-state index in [9.17, 15) is 9.90 Å². The van der Waals surface area contributed by atoms with Crippen LogP contribution in [0, 0.1) is 13.8 Å². The lowest BCUT2D eigenvalue weighted by molar-refractivity contribution is -0.118. The second-order valence-electron chi connectivity index (χ2n) is 6.96. The summed E-state index contributed by atoms with van der Waals surface area (Å²) in [7, 11) is 0. The maximum absolute atomic E-state index is 11.0. The highest BCUT2D eigenvalue weighted by Gasteiger charge is 2.24. The molecule has 7 heteroatoms. The molecule has 140 valence electrons. The number of carbonyl (C=O) groups excluding carboxylic acids is 1. The molecule has 26 heavy (non-hydrogen) atoms. The van der Waals surface area contributed by atoms with Crippen LogP contribution in [0.2, 0.25) is 0 Å². The molecule has 1 atom stereocenters. The number of rotatable bonds is 6. The minimum absolute atomic E-state index is 0.0813. The van der Waals surface area contributed by atoms with Gasteiger partial charge in [-0.2, -0.15) is 0 Å². The first-order valence-corrected chi connectivity index (χ1v) is 9.04. The molecule has 0 aromatic carbocycles. The van der Waals surface area contributed by atoms with E-state index in [-0.39, 0.29) is 12.5 Å². The molecule has 1 saturated heterocycles. The average Bonchev–Trinajstić information content (AvgIpc) is 2.98. The van der Waals surface area contributed by atoms with Crippen molar-refractivity contribution in [1.29, 1.82) is 0 Å². The Balaban J connectivity index is 1.87. The smallest absolute Gasteiger partial charge is 0.218 e. The number of pyridine rings is 1. The number of aliphatic hydroxyl groups excluding tert-OH is 1. The molecule has 2 aromatic rings. The van der Waals surface area contributed by atoms with Crippen LogP contribution in [-0.2, 0) is 11.4 Å². The third kappa shape index (κ3) is 3.94. The van der Waals surface area contributed by atoms with Gasteiger partial charge in [0, 0.05) is 36.7 Å². The number of primary amides is 1. The van der Waals surface area contributed by atoms with Crippen LogP contribution in [0.5, 0.6) is 0 Å². The van der Waals surface area contributed by atoms with Gasteiger partial charge in [-0.25, -0.2) is 0 Å². The number of aryl methyl sites for hydroxylation is 2. The first kappa shape index (κ1) is 18.5. The number of hydrogen-bond acceptors (Lipinski definition) is 6. The second kappa shape index (κ2) is 7.97. The highest BCUT2D eigenvalue weighted by Crippen LogP contribution is 2.32. The van der Waals surface area contributed by atoms with E-state index in [2.05, 4.69) is 10.1 Å². The molecule has 0 spiro atoms. The van der Waals surface area contributed by atoms with Crippen molar-refractivity contribution in [3.8, 4) is 11.3 Å².